The number of hydrogen-bond donors (Lipinski definition) is 1. The van der Waals surface area contributed by atoms with Gasteiger partial charge in [-0.25, -0.2) is 0 Å². The van der Waals surface area contributed by atoms with Crippen LogP contribution in [0.4, 0.5) is 0 Å². The second-order valence-electron chi connectivity index (χ2n) is 6.28. The molecule has 1 N–H and O–H groups in total. The number of benzene rings is 1. The molecule has 0 radical (unpaired) electrons. The Balaban J connectivity index is 1.90. The van der Waals surface area contributed by atoms with Gasteiger partial charge in [0.2, 0.25) is 5.91 Å². The third kappa shape index (κ3) is 3.15. The van der Waals surface area contributed by atoms with Gasteiger partial charge in [-0.3, -0.25) is 9.59 Å². The number of hydrogen-bond acceptors (Lipinski definition) is 3. The Morgan fingerprint density at radius 2 is 2.04 bits per heavy atom. The molecule has 1 unspecified atom stereocenters. The van der Waals surface area contributed by atoms with Gasteiger partial charge in [0.25, 0.3) is 0 Å². The molecule has 0 aliphatic carbocycles. The van der Waals surface area contributed by atoms with Crippen molar-refractivity contribution in [1.82, 2.24) is 4.90 Å². The molecule has 2 aliphatic heterocycles. The summed E-state index contributed by atoms with van der Waals surface area (Å²) in [5, 5.41) is 9.18. The lowest BCUT2D eigenvalue weighted by molar-refractivity contribution is -0.143. The zero-order valence-corrected chi connectivity index (χ0v) is 14.4. The number of halogens is 1. The lowest BCUT2D eigenvalue weighted by atomic mass is 9.73. The van der Waals surface area contributed by atoms with Crippen molar-refractivity contribution in [3.05, 3.63) is 34.3 Å². The molecule has 0 saturated carbocycles. The van der Waals surface area contributed by atoms with Crippen molar-refractivity contribution in [3.8, 4) is 0 Å². The predicted octanol–water partition coefficient (Wildman–Crippen LogP) is 2.43. The van der Waals surface area contributed by atoms with Crippen molar-refractivity contribution in [2.75, 3.05) is 26.3 Å². The fourth-order valence-corrected chi connectivity index (χ4v) is 3.98. The van der Waals surface area contributed by atoms with Gasteiger partial charge < -0.3 is 14.7 Å². The topological polar surface area (TPSA) is 66.8 Å². The zero-order chi connectivity index (χ0) is 16.4. The molecule has 2 saturated heterocycles. The van der Waals surface area contributed by atoms with Gasteiger partial charge in [0.1, 0.15) is 0 Å². The molecule has 2 fully saturated rings. The van der Waals surface area contributed by atoms with Crippen LogP contribution in [0.5, 0.6) is 0 Å². The number of aliphatic carboxylic acids is 1. The van der Waals surface area contributed by atoms with Crippen LogP contribution in [-0.2, 0) is 19.7 Å². The molecule has 1 aromatic carbocycles. The maximum absolute atomic E-state index is 13.3. The summed E-state index contributed by atoms with van der Waals surface area (Å²) in [5.41, 5.74) is 0.383. The molecule has 0 spiro atoms. The van der Waals surface area contributed by atoms with E-state index in [0.717, 1.165) is 10.0 Å². The quantitative estimate of drug-likeness (QED) is 0.872. The largest absolute Gasteiger partial charge is 0.481 e. The average molecular weight is 382 g/mol. The van der Waals surface area contributed by atoms with Gasteiger partial charge in [0.05, 0.1) is 11.3 Å². The summed E-state index contributed by atoms with van der Waals surface area (Å²) in [6.07, 6.45) is 1.80. The molecule has 5 nitrogen and oxygen atoms in total. The number of ether oxygens (including phenoxy) is 1. The Morgan fingerprint density at radius 3 is 2.65 bits per heavy atom. The molecule has 0 aromatic heterocycles. The Hall–Kier alpha value is -1.40. The SMILES string of the molecule is O=C(O)C1CCN(C(=O)C2(c3cccc(Br)c3)CCOCC2)C1. The van der Waals surface area contributed by atoms with Crippen LogP contribution in [0.3, 0.4) is 0 Å². The first kappa shape index (κ1) is 16.5. The van der Waals surface area contributed by atoms with Crippen molar-refractivity contribution in [2.45, 2.75) is 24.7 Å². The van der Waals surface area contributed by atoms with Crippen LogP contribution in [0.25, 0.3) is 0 Å². The molecule has 1 aromatic rings. The van der Waals surface area contributed by atoms with Gasteiger partial charge in [0.15, 0.2) is 0 Å². The first-order valence-electron chi connectivity index (χ1n) is 7.89. The first-order valence-corrected chi connectivity index (χ1v) is 8.68. The number of likely N-dealkylation sites (tertiary alicyclic amines) is 1. The number of amides is 1. The summed E-state index contributed by atoms with van der Waals surface area (Å²) in [4.78, 5) is 26.2. The summed E-state index contributed by atoms with van der Waals surface area (Å²) in [5.74, 6) is -1.22. The maximum atomic E-state index is 13.3. The van der Waals surface area contributed by atoms with Gasteiger partial charge in [-0.05, 0) is 37.0 Å². The molecule has 1 amide bonds. The van der Waals surface area contributed by atoms with Gasteiger partial charge in [-0.2, -0.15) is 0 Å². The number of nitrogens with zero attached hydrogens (tertiary/aromatic N) is 1. The van der Waals surface area contributed by atoms with E-state index in [4.69, 9.17) is 4.74 Å². The van der Waals surface area contributed by atoms with Crippen molar-refractivity contribution in [2.24, 2.45) is 5.92 Å². The van der Waals surface area contributed by atoms with E-state index in [1.165, 1.54) is 0 Å². The van der Waals surface area contributed by atoms with E-state index in [9.17, 15) is 14.7 Å². The zero-order valence-electron chi connectivity index (χ0n) is 12.8. The van der Waals surface area contributed by atoms with Crippen LogP contribution < -0.4 is 0 Å². The Bertz CT molecular complexity index is 612. The standard InChI is InChI=1S/C17H20BrNO4/c18-14-3-1-2-13(10-14)17(5-8-23-9-6-17)16(22)19-7-4-12(11-19)15(20)21/h1-3,10,12H,4-9,11H2,(H,20,21). The highest BCUT2D eigenvalue weighted by atomic mass is 79.9. The highest BCUT2D eigenvalue weighted by Crippen LogP contribution is 2.39. The van der Waals surface area contributed by atoms with Gasteiger partial charge in [-0.1, -0.05) is 28.1 Å². The lowest BCUT2D eigenvalue weighted by Crippen LogP contribution is -2.49. The van der Waals surface area contributed by atoms with Crippen molar-refractivity contribution >= 4 is 27.8 Å². The van der Waals surface area contributed by atoms with E-state index in [-0.39, 0.29) is 5.91 Å². The molecule has 6 heteroatoms. The Labute approximate surface area is 143 Å². The molecule has 2 aliphatic rings. The molecule has 23 heavy (non-hydrogen) atoms. The molecular formula is C17H20BrNO4. The lowest BCUT2D eigenvalue weighted by Gasteiger charge is -2.39. The highest BCUT2D eigenvalue weighted by molar-refractivity contribution is 9.10. The third-order valence-corrected chi connectivity index (χ3v) is 5.45. The smallest absolute Gasteiger partial charge is 0.308 e. The Kier molecular flexibility index (Phi) is 4.73. The highest BCUT2D eigenvalue weighted by Gasteiger charge is 2.46. The molecule has 124 valence electrons. The third-order valence-electron chi connectivity index (χ3n) is 4.96. The summed E-state index contributed by atoms with van der Waals surface area (Å²) < 4.78 is 6.42. The van der Waals surface area contributed by atoms with Crippen LogP contribution in [0.1, 0.15) is 24.8 Å². The van der Waals surface area contributed by atoms with Crippen LogP contribution in [0, 0.1) is 5.92 Å². The summed E-state index contributed by atoms with van der Waals surface area (Å²) in [6, 6.07) is 7.86. The van der Waals surface area contributed by atoms with E-state index in [1.54, 1.807) is 4.90 Å². The van der Waals surface area contributed by atoms with E-state index in [0.29, 0.717) is 45.6 Å². The molecule has 3 rings (SSSR count). The minimum atomic E-state index is -0.816. The van der Waals surface area contributed by atoms with Crippen LogP contribution >= 0.6 is 15.9 Å². The van der Waals surface area contributed by atoms with Crippen molar-refractivity contribution in [1.29, 1.82) is 0 Å². The molecule has 0 bridgehead atoms. The van der Waals surface area contributed by atoms with E-state index in [1.807, 2.05) is 24.3 Å². The van der Waals surface area contributed by atoms with E-state index in [2.05, 4.69) is 15.9 Å². The first-order chi connectivity index (χ1) is 11.0. The molecule has 2 heterocycles. The number of carbonyl (C=O) groups excluding carboxylic acids is 1. The van der Waals surface area contributed by atoms with E-state index >= 15 is 0 Å². The van der Waals surface area contributed by atoms with Gasteiger partial charge in [0, 0.05) is 30.8 Å². The minimum Gasteiger partial charge on any atom is -0.481 e. The van der Waals surface area contributed by atoms with E-state index < -0.39 is 17.3 Å². The minimum absolute atomic E-state index is 0.0441. The van der Waals surface area contributed by atoms with Crippen LogP contribution in [0.15, 0.2) is 28.7 Å². The number of carboxylic acids is 1. The van der Waals surface area contributed by atoms with Crippen molar-refractivity contribution < 1.29 is 19.4 Å². The fraction of sp³-hybridized carbons (Fsp3) is 0.529. The van der Waals surface area contributed by atoms with Crippen LogP contribution in [0.2, 0.25) is 0 Å². The van der Waals surface area contributed by atoms with Gasteiger partial charge in [-0.15, -0.1) is 0 Å². The van der Waals surface area contributed by atoms with Gasteiger partial charge >= 0.3 is 5.97 Å². The number of rotatable bonds is 3. The molecule has 1 atom stereocenters. The summed E-state index contributed by atoms with van der Waals surface area (Å²) >= 11 is 3.48. The summed E-state index contributed by atoms with van der Waals surface area (Å²) in [6.45, 7) is 1.93. The number of carboxylic acid groups (broad SMARTS) is 1. The second-order valence-corrected chi connectivity index (χ2v) is 7.20. The average Bonchev–Trinajstić information content (AvgIpc) is 3.05. The maximum Gasteiger partial charge on any atom is 0.308 e. The summed E-state index contributed by atoms with van der Waals surface area (Å²) in [7, 11) is 0. The fourth-order valence-electron chi connectivity index (χ4n) is 3.58. The monoisotopic (exact) mass is 381 g/mol. The second kappa shape index (κ2) is 6.61. The Morgan fingerprint density at radius 1 is 1.30 bits per heavy atom. The number of carbonyl (C=O) groups is 2. The normalized spacial score (nSPS) is 23.7. The molecular weight excluding hydrogens is 362 g/mol. The predicted molar refractivity (Wildman–Crippen MR) is 88.2 cm³/mol. The van der Waals surface area contributed by atoms with Crippen LogP contribution in [-0.4, -0.2) is 48.2 Å². The van der Waals surface area contributed by atoms with Crippen molar-refractivity contribution in [3.63, 3.8) is 0 Å².